The second-order valence-electron chi connectivity index (χ2n) is 5.04. The molecule has 1 aromatic carbocycles. The average molecular weight is 284 g/mol. The van der Waals surface area contributed by atoms with Crippen molar-refractivity contribution in [3.8, 4) is 0 Å². The van der Waals surface area contributed by atoms with Gasteiger partial charge in [0.05, 0.1) is 5.25 Å². The molecule has 0 saturated carbocycles. The fraction of sp³-hybridized carbons (Fsp3) is 0.571. The number of hydrogen-bond donors (Lipinski definition) is 2. The van der Waals surface area contributed by atoms with Gasteiger partial charge in [-0.05, 0) is 57.0 Å². The molecule has 0 aliphatic heterocycles. The van der Waals surface area contributed by atoms with Gasteiger partial charge in [0, 0.05) is 12.2 Å². The molecular weight excluding hydrogens is 260 g/mol. The third-order valence-corrected chi connectivity index (χ3v) is 4.62. The Morgan fingerprint density at radius 3 is 2.26 bits per heavy atom. The van der Waals surface area contributed by atoms with Crippen molar-refractivity contribution < 1.29 is 8.42 Å². The minimum absolute atomic E-state index is 0.458. The summed E-state index contributed by atoms with van der Waals surface area (Å²) in [6, 6.07) is 5.71. The zero-order valence-electron chi connectivity index (χ0n) is 12.2. The molecule has 0 heterocycles. The zero-order chi connectivity index (χ0) is 14.5. The lowest BCUT2D eigenvalue weighted by atomic mass is 10.1. The van der Waals surface area contributed by atoms with Crippen LogP contribution in [0.15, 0.2) is 18.2 Å². The van der Waals surface area contributed by atoms with Crippen LogP contribution in [-0.2, 0) is 10.0 Å². The normalized spacial score (nSPS) is 13.3. The van der Waals surface area contributed by atoms with Crippen LogP contribution in [0.2, 0.25) is 0 Å². The van der Waals surface area contributed by atoms with Crippen molar-refractivity contribution in [2.75, 3.05) is 17.8 Å². The first kappa shape index (κ1) is 16.0. The molecule has 1 rings (SSSR count). The van der Waals surface area contributed by atoms with Crippen molar-refractivity contribution in [1.29, 1.82) is 0 Å². The molecule has 0 aliphatic rings. The summed E-state index contributed by atoms with van der Waals surface area (Å²) in [5, 5.41) is 2.67. The molecule has 19 heavy (non-hydrogen) atoms. The number of anilines is 1. The minimum atomic E-state index is -3.34. The highest BCUT2D eigenvalue weighted by Crippen LogP contribution is 2.16. The van der Waals surface area contributed by atoms with Gasteiger partial charge in [0.2, 0.25) is 10.0 Å². The first-order valence-electron chi connectivity index (χ1n) is 6.66. The van der Waals surface area contributed by atoms with E-state index in [2.05, 4.69) is 17.0 Å². The van der Waals surface area contributed by atoms with Crippen molar-refractivity contribution in [1.82, 2.24) is 5.32 Å². The molecule has 1 atom stereocenters. The number of aryl methyl sites for hydroxylation is 2. The Morgan fingerprint density at radius 1 is 1.16 bits per heavy atom. The Morgan fingerprint density at radius 2 is 1.74 bits per heavy atom. The monoisotopic (exact) mass is 284 g/mol. The molecule has 0 aliphatic carbocycles. The molecule has 0 saturated heterocycles. The van der Waals surface area contributed by atoms with Gasteiger partial charge in [-0.25, -0.2) is 8.42 Å². The van der Waals surface area contributed by atoms with Gasteiger partial charge in [-0.15, -0.1) is 0 Å². The molecule has 1 unspecified atom stereocenters. The van der Waals surface area contributed by atoms with E-state index in [0.717, 1.165) is 24.1 Å². The Balaban J connectivity index is 2.72. The van der Waals surface area contributed by atoms with Crippen LogP contribution >= 0.6 is 0 Å². The topological polar surface area (TPSA) is 58.2 Å². The van der Waals surface area contributed by atoms with E-state index in [1.807, 2.05) is 32.0 Å². The van der Waals surface area contributed by atoms with Gasteiger partial charge in [0.15, 0.2) is 0 Å². The lowest BCUT2D eigenvalue weighted by molar-refractivity contribution is 0.576. The fourth-order valence-corrected chi connectivity index (χ4v) is 2.88. The van der Waals surface area contributed by atoms with Gasteiger partial charge in [-0.3, -0.25) is 4.72 Å². The summed E-state index contributed by atoms with van der Waals surface area (Å²) < 4.78 is 27.0. The minimum Gasteiger partial charge on any atom is -0.315 e. The van der Waals surface area contributed by atoms with Crippen LogP contribution in [0.4, 0.5) is 5.69 Å². The van der Waals surface area contributed by atoms with Crippen molar-refractivity contribution >= 4 is 15.7 Å². The first-order chi connectivity index (χ1) is 8.85. The van der Waals surface area contributed by atoms with Crippen LogP contribution in [0.5, 0.6) is 0 Å². The van der Waals surface area contributed by atoms with Gasteiger partial charge in [-0.1, -0.05) is 13.0 Å². The maximum Gasteiger partial charge on any atom is 0.236 e. The molecule has 4 nitrogen and oxygen atoms in total. The molecular formula is C14H24N2O2S. The molecule has 0 spiro atoms. The van der Waals surface area contributed by atoms with Gasteiger partial charge in [0.1, 0.15) is 0 Å². The van der Waals surface area contributed by atoms with Crippen molar-refractivity contribution in [2.24, 2.45) is 0 Å². The van der Waals surface area contributed by atoms with E-state index < -0.39 is 15.3 Å². The van der Waals surface area contributed by atoms with E-state index in [9.17, 15) is 8.42 Å². The number of nitrogens with one attached hydrogen (secondary N) is 2. The third kappa shape index (κ3) is 5.20. The van der Waals surface area contributed by atoms with Crippen LogP contribution in [0.3, 0.4) is 0 Å². The second-order valence-corrected chi connectivity index (χ2v) is 7.14. The highest BCUT2D eigenvalue weighted by atomic mass is 32.2. The highest BCUT2D eigenvalue weighted by Gasteiger charge is 2.20. The van der Waals surface area contributed by atoms with Crippen molar-refractivity contribution in [2.45, 2.75) is 39.4 Å². The maximum absolute atomic E-state index is 12.2. The Hall–Kier alpha value is -1.07. The van der Waals surface area contributed by atoms with Crippen LogP contribution in [-0.4, -0.2) is 26.8 Å². The Kier molecular flexibility index (Phi) is 5.82. The lowest BCUT2D eigenvalue weighted by Crippen LogP contribution is -2.35. The van der Waals surface area contributed by atoms with Crippen LogP contribution in [0.25, 0.3) is 0 Å². The number of sulfonamides is 1. The summed E-state index contributed by atoms with van der Waals surface area (Å²) in [4.78, 5) is 0. The van der Waals surface area contributed by atoms with Crippen molar-refractivity contribution in [3.63, 3.8) is 0 Å². The number of rotatable bonds is 7. The van der Waals surface area contributed by atoms with E-state index in [4.69, 9.17) is 0 Å². The lowest BCUT2D eigenvalue weighted by Gasteiger charge is -2.16. The van der Waals surface area contributed by atoms with E-state index in [1.165, 1.54) is 0 Å². The van der Waals surface area contributed by atoms with Crippen LogP contribution < -0.4 is 10.0 Å². The fourth-order valence-electron chi connectivity index (χ4n) is 1.89. The Bertz CT molecular complexity index is 492. The van der Waals surface area contributed by atoms with Crippen LogP contribution in [0.1, 0.15) is 31.4 Å². The average Bonchev–Trinajstić information content (AvgIpc) is 2.26. The standard InChI is InChI=1S/C14H24N2O2S/c1-5-6-15-10-13(4)19(17,18)16-14-8-11(2)7-12(3)9-14/h7-9,13,15-16H,5-6,10H2,1-4H3. The third-order valence-electron chi connectivity index (χ3n) is 2.87. The number of hydrogen-bond acceptors (Lipinski definition) is 3. The quantitative estimate of drug-likeness (QED) is 0.756. The molecule has 108 valence electrons. The molecule has 2 N–H and O–H groups in total. The van der Waals surface area contributed by atoms with Gasteiger partial charge < -0.3 is 5.32 Å². The van der Waals surface area contributed by atoms with Crippen molar-refractivity contribution in [3.05, 3.63) is 29.3 Å². The summed E-state index contributed by atoms with van der Waals surface area (Å²) in [5.41, 5.74) is 2.74. The molecule has 0 amide bonds. The summed E-state index contributed by atoms with van der Waals surface area (Å²) >= 11 is 0. The SMILES string of the molecule is CCCNCC(C)S(=O)(=O)Nc1cc(C)cc(C)c1. The summed E-state index contributed by atoms with van der Waals surface area (Å²) in [6.45, 7) is 8.99. The Labute approximate surface area is 116 Å². The van der Waals surface area contributed by atoms with Gasteiger partial charge in [0.25, 0.3) is 0 Å². The molecule has 0 bridgehead atoms. The molecule has 0 fully saturated rings. The molecule has 5 heteroatoms. The predicted octanol–water partition coefficient (Wildman–Crippen LogP) is 2.43. The van der Waals surface area contributed by atoms with E-state index in [0.29, 0.717) is 12.2 Å². The summed E-state index contributed by atoms with van der Waals surface area (Å²) in [6.07, 6.45) is 0.997. The second kappa shape index (κ2) is 6.91. The molecule has 0 aromatic heterocycles. The van der Waals surface area contributed by atoms with E-state index >= 15 is 0 Å². The highest BCUT2D eigenvalue weighted by molar-refractivity contribution is 7.93. The largest absolute Gasteiger partial charge is 0.315 e. The predicted molar refractivity (Wildman–Crippen MR) is 81.1 cm³/mol. The summed E-state index contributed by atoms with van der Waals surface area (Å²) in [7, 11) is -3.34. The van der Waals surface area contributed by atoms with Gasteiger partial charge >= 0.3 is 0 Å². The molecule has 1 aromatic rings. The maximum atomic E-state index is 12.2. The molecule has 0 radical (unpaired) electrons. The summed E-state index contributed by atoms with van der Waals surface area (Å²) in [5.74, 6) is 0. The smallest absolute Gasteiger partial charge is 0.236 e. The zero-order valence-corrected chi connectivity index (χ0v) is 13.0. The van der Waals surface area contributed by atoms with E-state index in [1.54, 1.807) is 6.92 Å². The van der Waals surface area contributed by atoms with Gasteiger partial charge in [-0.2, -0.15) is 0 Å². The van der Waals surface area contributed by atoms with Crippen LogP contribution in [0, 0.1) is 13.8 Å². The first-order valence-corrected chi connectivity index (χ1v) is 8.20. The van der Waals surface area contributed by atoms with E-state index in [-0.39, 0.29) is 0 Å². The number of benzene rings is 1.